The van der Waals surface area contributed by atoms with Gasteiger partial charge in [-0.2, -0.15) is 0 Å². The smallest absolute Gasteiger partial charge is 0.0606 e. The number of likely N-dealkylation sites (N-methyl/N-ethyl adjacent to an activating group) is 1. The lowest BCUT2D eigenvalue weighted by atomic mass is 10.2. The Morgan fingerprint density at radius 2 is 2.07 bits per heavy atom. The second-order valence-corrected chi connectivity index (χ2v) is 3.12. The second-order valence-electron chi connectivity index (χ2n) is 3.12. The van der Waals surface area contributed by atoms with Gasteiger partial charge in [0, 0.05) is 18.8 Å². The molecule has 1 aromatic rings. The molecule has 14 heavy (non-hydrogen) atoms. The second kappa shape index (κ2) is 4.72. The molecule has 1 rings (SSSR count). The molecule has 0 aliphatic rings. The lowest BCUT2D eigenvalue weighted by molar-refractivity contribution is 0.302. The maximum absolute atomic E-state index is 8.87. The highest BCUT2D eigenvalue weighted by atomic mass is 16.3. The summed E-state index contributed by atoms with van der Waals surface area (Å²) in [6.45, 7) is 3.54. The van der Waals surface area contributed by atoms with Crippen LogP contribution >= 0.6 is 0 Å². The fraction of sp³-hybridized carbons (Fsp3) is 0.400. The van der Waals surface area contributed by atoms with E-state index in [1.807, 2.05) is 24.0 Å². The van der Waals surface area contributed by atoms with Gasteiger partial charge in [-0.15, -0.1) is 0 Å². The summed E-state index contributed by atoms with van der Waals surface area (Å²) in [7, 11) is 0. The molecule has 0 aromatic heterocycles. The van der Waals surface area contributed by atoms with E-state index in [2.05, 4.69) is 0 Å². The first-order valence-electron chi connectivity index (χ1n) is 4.69. The van der Waals surface area contributed by atoms with Gasteiger partial charge in [0.1, 0.15) is 0 Å². The van der Waals surface area contributed by atoms with E-state index in [9.17, 15) is 0 Å². The topological polar surface area (TPSA) is 75.5 Å². The van der Waals surface area contributed by atoms with Crippen LogP contribution in [0.2, 0.25) is 0 Å². The van der Waals surface area contributed by atoms with Gasteiger partial charge in [0.05, 0.1) is 18.0 Å². The molecule has 0 aliphatic heterocycles. The maximum Gasteiger partial charge on any atom is 0.0606 e. The zero-order valence-electron chi connectivity index (χ0n) is 8.40. The van der Waals surface area contributed by atoms with Gasteiger partial charge in [-0.25, -0.2) is 0 Å². The molecular weight excluding hydrogens is 178 g/mol. The number of anilines is 3. The molecule has 0 radical (unpaired) electrons. The number of nitrogens with two attached hydrogens (primary N) is 2. The molecule has 0 saturated heterocycles. The van der Waals surface area contributed by atoms with Crippen molar-refractivity contribution in [2.45, 2.75) is 6.92 Å². The number of nitrogens with zero attached hydrogens (tertiary/aromatic N) is 1. The minimum Gasteiger partial charge on any atom is -0.399 e. The van der Waals surface area contributed by atoms with E-state index in [0.29, 0.717) is 17.9 Å². The number of aliphatic hydroxyl groups excluding tert-OH is 1. The van der Waals surface area contributed by atoms with Gasteiger partial charge in [0.15, 0.2) is 0 Å². The summed E-state index contributed by atoms with van der Waals surface area (Å²) in [6.07, 6.45) is 0. The molecule has 0 fully saturated rings. The molecule has 0 atom stereocenters. The first-order valence-corrected chi connectivity index (χ1v) is 4.69. The molecule has 0 saturated carbocycles. The van der Waals surface area contributed by atoms with E-state index >= 15 is 0 Å². The Hall–Kier alpha value is -1.42. The number of rotatable bonds is 4. The van der Waals surface area contributed by atoms with Crippen LogP contribution in [0.1, 0.15) is 6.92 Å². The Bertz CT molecular complexity index is 301. The SMILES string of the molecule is CCN(CCO)c1ccc(N)cc1N. The first-order chi connectivity index (χ1) is 6.69. The van der Waals surface area contributed by atoms with Crippen molar-refractivity contribution in [2.24, 2.45) is 0 Å². The van der Waals surface area contributed by atoms with Crippen LogP contribution in [0.15, 0.2) is 18.2 Å². The zero-order chi connectivity index (χ0) is 10.6. The molecule has 5 N–H and O–H groups in total. The Balaban J connectivity index is 2.92. The molecule has 0 aliphatic carbocycles. The number of aliphatic hydroxyl groups is 1. The van der Waals surface area contributed by atoms with Crippen molar-refractivity contribution in [3.05, 3.63) is 18.2 Å². The average Bonchev–Trinajstić information content (AvgIpc) is 2.15. The van der Waals surface area contributed by atoms with Crippen LogP contribution in [0.4, 0.5) is 17.1 Å². The van der Waals surface area contributed by atoms with Gasteiger partial charge in [0.25, 0.3) is 0 Å². The minimum atomic E-state index is 0.123. The zero-order valence-corrected chi connectivity index (χ0v) is 8.40. The van der Waals surface area contributed by atoms with Gasteiger partial charge in [-0.3, -0.25) is 0 Å². The third-order valence-electron chi connectivity index (χ3n) is 2.14. The van der Waals surface area contributed by atoms with Gasteiger partial charge in [-0.1, -0.05) is 0 Å². The number of hydrogen-bond donors (Lipinski definition) is 3. The molecule has 0 unspecified atom stereocenters. The van der Waals surface area contributed by atoms with Crippen LogP contribution in [0, 0.1) is 0 Å². The summed E-state index contributed by atoms with van der Waals surface area (Å²) in [5, 5.41) is 8.87. The van der Waals surface area contributed by atoms with Crippen LogP contribution in [0.25, 0.3) is 0 Å². The predicted octanol–water partition coefficient (Wildman–Crippen LogP) is 0.670. The van der Waals surface area contributed by atoms with Gasteiger partial charge in [0.2, 0.25) is 0 Å². The van der Waals surface area contributed by atoms with Crippen molar-refractivity contribution in [1.82, 2.24) is 0 Å². The van der Waals surface area contributed by atoms with Crippen molar-refractivity contribution in [1.29, 1.82) is 0 Å². The summed E-state index contributed by atoms with van der Waals surface area (Å²) in [5.74, 6) is 0. The normalized spacial score (nSPS) is 10.1. The maximum atomic E-state index is 8.87. The van der Waals surface area contributed by atoms with Crippen LogP contribution < -0.4 is 16.4 Å². The van der Waals surface area contributed by atoms with E-state index in [1.165, 1.54) is 0 Å². The van der Waals surface area contributed by atoms with Crippen LogP contribution in [-0.2, 0) is 0 Å². The number of hydrogen-bond acceptors (Lipinski definition) is 4. The summed E-state index contributed by atoms with van der Waals surface area (Å²) in [5.41, 5.74) is 13.7. The fourth-order valence-corrected chi connectivity index (χ4v) is 1.43. The van der Waals surface area contributed by atoms with Gasteiger partial charge < -0.3 is 21.5 Å². The van der Waals surface area contributed by atoms with Crippen LogP contribution in [0.5, 0.6) is 0 Å². The van der Waals surface area contributed by atoms with E-state index < -0.39 is 0 Å². The minimum absolute atomic E-state index is 0.123. The largest absolute Gasteiger partial charge is 0.399 e. The Labute approximate surface area is 84.1 Å². The average molecular weight is 195 g/mol. The summed E-state index contributed by atoms with van der Waals surface area (Å²) < 4.78 is 0. The fourth-order valence-electron chi connectivity index (χ4n) is 1.43. The highest BCUT2D eigenvalue weighted by Crippen LogP contribution is 2.24. The highest BCUT2D eigenvalue weighted by molar-refractivity contribution is 5.71. The van der Waals surface area contributed by atoms with Gasteiger partial charge >= 0.3 is 0 Å². The number of nitrogen functional groups attached to an aromatic ring is 2. The summed E-state index contributed by atoms with van der Waals surface area (Å²) in [6, 6.07) is 5.42. The lowest BCUT2D eigenvalue weighted by Gasteiger charge is -2.23. The predicted molar refractivity (Wildman–Crippen MR) is 60.2 cm³/mol. The van der Waals surface area contributed by atoms with E-state index in [-0.39, 0.29) is 6.61 Å². The van der Waals surface area contributed by atoms with Crippen molar-refractivity contribution < 1.29 is 5.11 Å². The Morgan fingerprint density at radius 3 is 2.57 bits per heavy atom. The monoisotopic (exact) mass is 195 g/mol. The van der Waals surface area contributed by atoms with Gasteiger partial charge in [-0.05, 0) is 25.1 Å². The molecule has 0 heterocycles. The molecule has 0 bridgehead atoms. The van der Waals surface area contributed by atoms with E-state index in [4.69, 9.17) is 16.6 Å². The van der Waals surface area contributed by atoms with Crippen molar-refractivity contribution >= 4 is 17.1 Å². The Kier molecular flexibility index (Phi) is 3.59. The molecule has 0 amide bonds. The molecule has 4 heteroatoms. The van der Waals surface area contributed by atoms with E-state index in [0.717, 1.165) is 12.2 Å². The molecule has 78 valence electrons. The third-order valence-corrected chi connectivity index (χ3v) is 2.14. The Morgan fingerprint density at radius 1 is 1.36 bits per heavy atom. The first kappa shape index (κ1) is 10.7. The summed E-state index contributed by atoms with van der Waals surface area (Å²) in [4.78, 5) is 2.01. The third kappa shape index (κ3) is 2.29. The molecule has 4 nitrogen and oxygen atoms in total. The van der Waals surface area contributed by atoms with Crippen molar-refractivity contribution in [3.8, 4) is 0 Å². The summed E-state index contributed by atoms with van der Waals surface area (Å²) >= 11 is 0. The lowest BCUT2D eigenvalue weighted by Crippen LogP contribution is -2.26. The van der Waals surface area contributed by atoms with Crippen LogP contribution in [-0.4, -0.2) is 24.8 Å². The van der Waals surface area contributed by atoms with Crippen molar-refractivity contribution in [3.63, 3.8) is 0 Å². The standard InChI is InChI=1S/C10H17N3O/c1-2-13(5-6-14)10-4-3-8(11)7-9(10)12/h3-4,7,14H,2,5-6,11-12H2,1H3. The highest BCUT2D eigenvalue weighted by Gasteiger charge is 2.06. The van der Waals surface area contributed by atoms with E-state index in [1.54, 1.807) is 6.07 Å². The quantitative estimate of drug-likeness (QED) is 0.617. The molecule has 1 aromatic carbocycles. The van der Waals surface area contributed by atoms with Crippen molar-refractivity contribution in [2.75, 3.05) is 36.1 Å². The van der Waals surface area contributed by atoms with Crippen LogP contribution in [0.3, 0.4) is 0 Å². The number of benzene rings is 1. The molecule has 0 spiro atoms. The molecular formula is C10H17N3O.